The van der Waals surface area contributed by atoms with Crippen molar-refractivity contribution in [3.05, 3.63) is 0 Å². The molecule has 1 heterocycles. The van der Waals surface area contributed by atoms with E-state index < -0.39 is 12.1 Å². The minimum Gasteiger partial charge on any atom is -0.479 e. The molecule has 6 nitrogen and oxygen atoms in total. The molecule has 3 N–H and O–H groups in total. The predicted octanol–water partition coefficient (Wildman–Crippen LogP) is 0.716. The Morgan fingerprint density at radius 2 is 2.06 bits per heavy atom. The van der Waals surface area contributed by atoms with Gasteiger partial charge in [-0.15, -0.1) is 0 Å². The number of nitrogens with one attached hydrogen (secondary N) is 2. The Bertz CT molecular complexity index is 356. The Labute approximate surface area is 106 Å². The minimum atomic E-state index is -0.929. The number of urea groups is 1. The lowest BCUT2D eigenvalue weighted by molar-refractivity contribution is -0.149. The van der Waals surface area contributed by atoms with Crippen molar-refractivity contribution in [3.63, 3.8) is 0 Å². The highest BCUT2D eigenvalue weighted by Gasteiger charge is 2.46. The van der Waals surface area contributed by atoms with Crippen molar-refractivity contribution in [1.82, 2.24) is 10.6 Å². The molecule has 0 aromatic rings. The molecule has 2 aliphatic rings. The van der Waals surface area contributed by atoms with Crippen LogP contribution >= 0.6 is 0 Å². The van der Waals surface area contributed by atoms with E-state index in [2.05, 4.69) is 24.5 Å². The molecule has 1 aliphatic carbocycles. The third kappa shape index (κ3) is 3.13. The lowest BCUT2D eigenvalue weighted by Gasteiger charge is -2.13. The zero-order valence-electron chi connectivity index (χ0n) is 10.7. The molecule has 18 heavy (non-hydrogen) atoms. The zero-order valence-corrected chi connectivity index (χ0v) is 10.7. The van der Waals surface area contributed by atoms with Crippen LogP contribution in [0, 0.1) is 5.41 Å². The molecular formula is C12H20N2O4. The molecule has 102 valence electrons. The molecule has 6 heteroatoms. The van der Waals surface area contributed by atoms with E-state index in [0.29, 0.717) is 19.4 Å². The standard InChI is InChI=1S/C12H20N2O4/c1-12(2)5-9(12)14-11(17)13-6-7-3-4-8(18-7)10(15)16/h7-9H,3-6H2,1-2H3,(H,15,16)(H2,13,14,17). The van der Waals surface area contributed by atoms with E-state index in [0.717, 1.165) is 6.42 Å². The molecule has 0 spiro atoms. The molecular weight excluding hydrogens is 236 g/mol. The number of rotatable bonds is 4. The summed E-state index contributed by atoms with van der Waals surface area (Å²) in [7, 11) is 0. The van der Waals surface area contributed by atoms with Crippen LogP contribution in [0.3, 0.4) is 0 Å². The molecule has 3 unspecified atom stereocenters. The van der Waals surface area contributed by atoms with Crippen molar-refractivity contribution in [2.45, 2.75) is 51.4 Å². The normalized spacial score (nSPS) is 32.9. The van der Waals surface area contributed by atoms with Crippen LogP contribution in [0.5, 0.6) is 0 Å². The van der Waals surface area contributed by atoms with Crippen LogP contribution < -0.4 is 10.6 Å². The largest absolute Gasteiger partial charge is 0.479 e. The second kappa shape index (κ2) is 4.76. The molecule has 0 radical (unpaired) electrons. The first-order valence-corrected chi connectivity index (χ1v) is 6.31. The van der Waals surface area contributed by atoms with Gasteiger partial charge in [-0.2, -0.15) is 0 Å². The quantitative estimate of drug-likeness (QED) is 0.691. The highest BCUT2D eigenvalue weighted by Crippen LogP contribution is 2.44. The average Bonchev–Trinajstić information content (AvgIpc) is 2.73. The lowest BCUT2D eigenvalue weighted by atomic mass is 10.2. The van der Waals surface area contributed by atoms with E-state index in [1.165, 1.54) is 0 Å². The summed E-state index contributed by atoms with van der Waals surface area (Å²) < 4.78 is 5.29. The molecule has 0 aromatic carbocycles. The van der Waals surface area contributed by atoms with E-state index >= 15 is 0 Å². The molecule has 3 atom stereocenters. The Morgan fingerprint density at radius 1 is 1.39 bits per heavy atom. The van der Waals surface area contributed by atoms with Gasteiger partial charge in [-0.3, -0.25) is 0 Å². The first-order chi connectivity index (χ1) is 8.38. The van der Waals surface area contributed by atoms with Crippen LogP contribution in [-0.2, 0) is 9.53 Å². The molecule has 2 rings (SSSR count). The fourth-order valence-corrected chi connectivity index (χ4v) is 2.17. The number of carboxylic acid groups (broad SMARTS) is 1. The van der Waals surface area contributed by atoms with E-state index in [-0.39, 0.29) is 23.6 Å². The summed E-state index contributed by atoms with van der Waals surface area (Å²) >= 11 is 0. The fourth-order valence-electron chi connectivity index (χ4n) is 2.17. The minimum absolute atomic E-state index is 0.191. The number of hydrogen-bond donors (Lipinski definition) is 3. The molecule has 0 bridgehead atoms. The molecule has 1 saturated carbocycles. The number of hydrogen-bond acceptors (Lipinski definition) is 3. The van der Waals surface area contributed by atoms with Gasteiger partial charge < -0.3 is 20.5 Å². The van der Waals surface area contributed by atoms with Crippen LogP contribution in [0.4, 0.5) is 4.79 Å². The summed E-state index contributed by atoms with van der Waals surface area (Å²) in [6.07, 6.45) is 1.28. The van der Waals surface area contributed by atoms with Crippen LogP contribution in [0.25, 0.3) is 0 Å². The Kier molecular flexibility index (Phi) is 3.47. The summed E-state index contributed by atoms with van der Waals surface area (Å²) in [5, 5.41) is 14.4. The van der Waals surface area contributed by atoms with Gasteiger partial charge in [-0.1, -0.05) is 13.8 Å². The van der Waals surface area contributed by atoms with Crippen molar-refractivity contribution in [3.8, 4) is 0 Å². The van der Waals surface area contributed by atoms with E-state index in [1.807, 2.05) is 0 Å². The molecule has 1 saturated heterocycles. The third-order valence-electron chi connectivity index (χ3n) is 3.69. The average molecular weight is 256 g/mol. The first-order valence-electron chi connectivity index (χ1n) is 6.31. The predicted molar refractivity (Wildman–Crippen MR) is 64.3 cm³/mol. The third-order valence-corrected chi connectivity index (χ3v) is 3.69. The van der Waals surface area contributed by atoms with E-state index in [1.54, 1.807) is 0 Å². The van der Waals surface area contributed by atoms with E-state index in [4.69, 9.17) is 9.84 Å². The van der Waals surface area contributed by atoms with Crippen LogP contribution in [-0.4, -0.2) is 41.9 Å². The van der Waals surface area contributed by atoms with Crippen LogP contribution in [0.1, 0.15) is 33.1 Å². The number of carbonyl (C=O) groups excluding carboxylic acids is 1. The van der Waals surface area contributed by atoms with Crippen molar-refractivity contribution in [1.29, 1.82) is 0 Å². The fraction of sp³-hybridized carbons (Fsp3) is 0.833. The zero-order chi connectivity index (χ0) is 13.3. The van der Waals surface area contributed by atoms with Crippen LogP contribution in [0.2, 0.25) is 0 Å². The Morgan fingerprint density at radius 3 is 2.56 bits per heavy atom. The van der Waals surface area contributed by atoms with Crippen LogP contribution in [0.15, 0.2) is 0 Å². The van der Waals surface area contributed by atoms with Crippen molar-refractivity contribution in [2.24, 2.45) is 5.41 Å². The van der Waals surface area contributed by atoms with Gasteiger partial charge >= 0.3 is 12.0 Å². The maximum atomic E-state index is 11.6. The number of amides is 2. The number of carbonyl (C=O) groups is 2. The number of carboxylic acids is 1. The van der Waals surface area contributed by atoms with Gasteiger partial charge in [0.1, 0.15) is 0 Å². The smallest absolute Gasteiger partial charge is 0.332 e. The van der Waals surface area contributed by atoms with Gasteiger partial charge in [-0.25, -0.2) is 9.59 Å². The molecule has 0 aromatic heterocycles. The number of aliphatic carboxylic acids is 1. The summed E-state index contributed by atoms with van der Waals surface area (Å²) in [6, 6.07) is 0.0433. The van der Waals surface area contributed by atoms with Gasteiger partial charge in [-0.05, 0) is 24.7 Å². The summed E-state index contributed by atoms with van der Waals surface area (Å²) in [6.45, 7) is 4.58. The summed E-state index contributed by atoms with van der Waals surface area (Å²) in [4.78, 5) is 22.2. The van der Waals surface area contributed by atoms with Gasteiger partial charge in [0.15, 0.2) is 6.10 Å². The van der Waals surface area contributed by atoms with Gasteiger partial charge in [0.05, 0.1) is 6.10 Å². The SMILES string of the molecule is CC1(C)CC1NC(=O)NCC1CCC(C(=O)O)O1. The highest BCUT2D eigenvalue weighted by molar-refractivity contribution is 5.75. The molecule has 2 fully saturated rings. The van der Waals surface area contributed by atoms with E-state index in [9.17, 15) is 9.59 Å². The topological polar surface area (TPSA) is 87.7 Å². The monoisotopic (exact) mass is 256 g/mol. The van der Waals surface area contributed by atoms with Gasteiger partial charge in [0, 0.05) is 12.6 Å². The second-order valence-corrected chi connectivity index (χ2v) is 5.76. The lowest BCUT2D eigenvalue weighted by Crippen LogP contribution is -2.41. The maximum Gasteiger partial charge on any atom is 0.332 e. The molecule has 2 amide bonds. The maximum absolute atomic E-state index is 11.6. The van der Waals surface area contributed by atoms with Crippen molar-refractivity contribution < 1.29 is 19.4 Å². The second-order valence-electron chi connectivity index (χ2n) is 5.76. The number of ether oxygens (including phenoxy) is 1. The molecule has 1 aliphatic heterocycles. The van der Waals surface area contributed by atoms with Crippen molar-refractivity contribution in [2.75, 3.05) is 6.54 Å². The van der Waals surface area contributed by atoms with Gasteiger partial charge in [0.25, 0.3) is 0 Å². The highest BCUT2D eigenvalue weighted by atomic mass is 16.5. The Balaban J connectivity index is 1.64. The summed E-state index contributed by atoms with van der Waals surface area (Å²) in [5.41, 5.74) is 0.204. The summed E-state index contributed by atoms with van der Waals surface area (Å²) in [5.74, 6) is -0.929. The first kappa shape index (κ1) is 13.1. The van der Waals surface area contributed by atoms with Gasteiger partial charge in [0.2, 0.25) is 0 Å². The Hall–Kier alpha value is -1.30. The van der Waals surface area contributed by atoms with Crippen molar-refractivity contribution >= 4 is 12.0 Å².